The average molecular weight is 247 g/mol. The van der Waals surface area contributed by atoms with E-state index < -0.39 is 0 Å². The van der Waals surface area contributed by atoms with E-state index in [1.54, 1.807) is 0 Å². The van der Waals surface area contributed by atoms with Gasteiger partial charge in [0.05, 0.1) is 0 Å². The van der Waals surface area contributed by atoms with Gasteiger partial charge < -0.3 is 10.1 Å². The summed E-state index contributed by atoms with van der Waals surface area (Å²) in [5, 5.41) is 3.45. The molecule has 0 aromatic heterocycles. The van der Waals surface area contributed by atoms with Gasteiger partial charge in [0.15, 0.2) is 0 Å². The summed E-state index contributed by atoms with van der Waals surface area (Å²) in [5.41, 5.74) is 1.52. The summed E-state index contributed by atoms with van der Waals surface area (Å²) in [6.07, 6.45) is 2.56. The van der Waals surface area contributed by atoms with E-state index in [2.05, 4.69) is 57.3 Å². The molecule has 0 aliphatic carbocycles. The lowest BCUT2D eigenvalue weighted by molar-refractivity contribution is 0.144. The lowest BCUT2D eigenvalue weighted by atomic mass is 9.87. The van der Waals surface area contributed by atoms with Gasteiger partial charge in [0.25, 0.3) is 0 Å². The summed E-state index contributed by atoms with van der Waals surface area (Å²) in [6, 6.07) is 9.10. The van der Waals surface area contributed by atoms with Gasteiger partial charge in [-0.05, 0) is 49.4 Å². The van der Waals surface area contributed by atoms with Crippen LogP contribution in [0.25, 0.3) is 0 Å². The van der Waals surface area contributed by atoms with Gasteiger partial charge in [-0.1, -0.05) is 32.9 Å². The molecule has 18 heavy (non-hydrogen) atoms. The standard InChI is InChI=1S/C16H25NO/c1-12-10-15(8-9-17-12)18-14-7-5-6-13(11-14)16(2,3)4/h5-7,11-12,15,17H,8-10H2,1-4H3. The van der Waals surface area contributed by atoms with Crippen LogP contribution in [0.4, 0.5) is 0 Å². The van der Waals surface area contributed by atoms with Gasteiger partial charge in [-0.25, -0.2) is 0 Å². The number of hydrogen-bond donors (Lipinski definition) is 1. The zero-order valence-electron chi connectivity index (χ0n) is 12.0. The molecule has 2 atom stereocenters. The first-order chi connectivity index (χ1) is 8.45. The Morgan fingerprint density at radius 3 is 2.72 bits per heavy atom. The highest BCUT2D eigenvalue weighted by Gasteiger charge is 2.20. The van der Waals surface area contributed by atoms with Crippen molar-refractivity contribution in [2.75, 3.05) is 6.54 Å². The number of benzene rings is 1. The molecule has 1 aromatic carbocycles. The van der Waals surface area contributed by atoms with Crippen molar-refractivity contribution >= 4 is 0 Å². The summed E-state index contributed by atoms with van der Waals surface area (Å²) < 4.78 is 6.12. The lowest BCUT2D eigenvalue weighted by Gasteiger charge is -2.29. The molecule has 2 heteroatoms. The summed E-state index contributed by atoms with van der Waals surface area (Å²) >= 11 is 0. The number of rotatable bonds is 2. The molecule has 1 aliphatic rings. The molecule has 0 bridgehead atoms. The second-order valence-corrected chi connectivity index (χ2v) is 6.40. The molecular weight excluding hydrogens is 222 g/mol. The molecule has 100 valence electrons. The van der Waals surface area contributed by atoms with E-state index in [0.717, 1.165) is 25.1 Å². The monoisotopic (exact) mass is 247 g/mol. The smallest absolute Gasteiger partial charge is 0.120 e. The third-order valence-electron chi connectivity index (χ3n) is 3.58. The molecule has 1 aromatic rings. The quantitative estimate of drug-likeness (QED) is 0.863. The Bertz CT molecular complexity index is 394. The highest BCUT2D eigenvalue weighted by molar-refractivity contribution is 5.32. The maximum atomic E-state index is 6.12. The highest BCUT2D eigenvalue weighted by Crippen LogP contribution is 2.27. The van der Waals surface area contributed by atoms with Crippen LogP contribution in [0.15, 0.2) is 24.3 Å². The number of ether oxygens (including phenoxy) is 1. The molecule has 2 unspecified atom stereocenters. The largest absolute Gasteiger partial charge is 0.490 e. The number of nitrogens with one attached hydrogen (secondary N) is 1. The van der Waals surface area contributed by atoms with Crippen molar-refractivity contribution in [2.24, 2.45) is 0 Å². The van der Waals surface area contributed by atoms with Crippen molar-refractivity contribution in [1.29, 1.82) is 0 Å². The van der Waals surface area contributed by atoms with Crippen molar-refractivity contribution in [1.82, 2.24) is 5.32 Å². The van der Waals surface area contributed by atoms with Gasteiger partial charge >= 0.3 is 0 Å². The Hall–Kier alpha value is -1.02. The van der Waals surface area contributed by atoms with Crippen LogP contribution in [0, 0.1) is 0 Å². The van der Waals surface area contributed by atoms with E-state index in [0.29, 0.717) is 12.1 Å². The predicted octanol–water partition coefficient (Wildman–Crippen LogP) is 3.50. The molecule has 1 heterocycles. The van der Waals surface area contributed by atoms with E-state index in [1.807, 2.05) is 0 Å². The minimum absolute atomic E-state index is 0.181. The van der Waals surface area contributed by atoms with Crippen LogP contribution in [-0.4, -0.2) is 18.7 Å². The van der Waals surface area contributed by atoms with E-state index >= 15 is 0 Å². The van der Waals surface area contributed by atoms with E-state index in [4.69, 9.17) is 4.74 Å². The molecular formula is C16H25NO. The Labute approximate surface area is 111 Å². The van der Waals surface area contributed by atoms with Gasteiger partial charge in [-0.2, -0.15) is 0 Å². The van der Waals surface area contributed by atoms with Gasteiger partial charge in [0.2, 0.25) is 0 Å². The molecule has 1 N–H and O–H groups in total. The summed E-state index contributed by atoms with van der Waals surface area (Å²) in [7, 11) is 0. The molecule has 1 fully saturated rings. The molecule has 2 rings (SSSR count). The summed E-state index contributed by atoms with van der Waals surface area (Å²) in [5.74, 6) is 1.02. The molecule has 0 radical (unpaired) electrons. The Morgan fingerprint density at radius 1 is 1.28 bits per heavy atom. The molecule has 1 aliphatic heterocycles. The fourth-order valence-corrected chi connectivity index (χ4v) is 2.42. The molecule has 0 saturated carbocycles. The topological polar surface area (TPSA) is 21.3 Å². The maximum absolute atomic E-state index is 6.12. The second kappa shape index (κ2) is 5.31. The fraction of sp³-hybridized carbons (Fsp3) is 0.625. The first-order valence-corrected chi connectivity index (χ1v) is 6.96. The van der Waals surface area contributed by atoms with Crippen molar-refractivity contribution < 1.29 is 4.74 Å². The van der Waals surface area contributed by atoms with Crippen LogP contribution in [0.1, 0.15) is 46.1 Å². The zero-order chi connectivity index (χ0) is 13.2. The normalized spacial score (nSPS) is 24.9. The first kappa shape index (κ1) is 13.4. The third-order valence-corrected chi connectivity index (χ3v) is 3.58. The van der Waals surface area contributed by atoms with Crippen molar-refractivity contribution in [3.05, 3.63) is 29.8 Å². The van der Waals surface area contributed by atoms with Gasteiger partial charge in [-0.15, -0.1) is 0 Å². The molecule has 1 saturated heterocycles. The second-order valence-electron chi connectivity index (χ2n) is 6.40. The lowest BCUT2D eigenvalue weighted by Crippen LogP contribution is -2.40. The maximum Gasteiger partial charge on any atom is 0.120 e. The molecule has 0 spiro atoms. The van der Waals surface area contributed by atoms with Crippen LogP contribution in [-0.2, 0) is 5.41 Å². The number of hydrogen-bond acceptors (Lipinski definition) is 2. The van der Waals surface area contributed by atoms with Crippen LogP contribution >= 0.6 is 0 Å². The third kappa shape index (κ3) is 3.49. The van der Waals surface area contributed by atoms with Crippen molar-refractivity contribution in [2.45, 2.75) is 58.1 Å². The van der Waals surface area contributed by atoms with Crippen molar-refractivity contribution in [3.63, 3.8) is 0 Å². The SMILES string of the molecule is CC1CC(Oc2cccc(C(C)(C)C)c2)CCN1. The first-order valence-electron chi connectivity index (χ1n) is 6.96. The molecule has 2 nitrogen and oxygen atoms in total. The zero-order valence-corrected chi connectivity index (χ0v) is 12.0. The number of piperidine rings is 1. The fourth-order valence-electron chi connectivity index (χ4n) is 2.42. The van der Waals surface area contributed by atoms with E-state index in [9.17, 15) is 0 Å². The summed E-state index contributed by atoms with van der Waals surface area (Å²) in [6.45, 7) is 9.99. The van der Waals surface area contributed by atoms with E-state index in [1.165, 1.54) is 5.56 Å². The van der Waals surface area contributed by atoms with Gasteiger partial charge in [0.1, 0.15) is 11.9 Å². The average Bonchev–Trinajstić information content (AvgIpc) is 2.28. The van der Waals surface area contributed by atoms with Crippen molar-refractivity contribution in [3.8, 4) is 5.75 Å². The highest BCUT2D eigenvalue weighted by atomic mass is 16.5. The Kier molecular flexibility index (Phi) is 3.96. The van der Waals surface area contributed by atoms with Crippen LogP contribution in [0.2, 0.25) is 0 Å². The van der Waals surface area contributed by atoms with Crippen LogP contribution < -0.4 is 10.1 Å². The minimum Gasteiger partial charge on any atom is -0.490 e. The van der Waals surface area contributed by atoms with Crippen LogP contribution in [0.5, 0.6) is 5.75 Å². The Morgan fingerprint density at radius 2 is 2.06 bits per heavy atom. The van der Waals surface area contributed by atoms with Gasteiger partial charge in [0, 0.05) is 6.04 Å². The van der Waals surface area contributed by atoms with Gasteiger partial charge in [-0.3, -0.25) is 0 Å². The van der Waals surface area contributed by atoms with Crippen LogP contribution in [0.3, 0.4) is 0 Å². The minimum atomic E-state index is 0.181. The molecule has 0 amide bonds. The Balaban J connectivity index is 2.05. The van der Waals surface area contributed by atoms with E-state index in [-0.39, 0.29) is 5.41 Å². The predicted molar refractivity (Wildman–Crippen MR) is 76.3 cm³/mol. The summed E-state index contributed by atoms with van der Waals surface area (Å²) in [4.78, 5) is 0.